The van der Waals surface area contributed by atoms with Crippen LogP contribution in [0.4, 0.5) is 0 Å². The molecular formula is C24H32IN3O2. The van der Waals surface area contributed by atoms with Gasteiger partial charge < -0.3 is 20.1 Å². The van der Waals surface area contributed by atoms with Gasteiger partial charge in [0.25, 0.3) is 0 Å². The summed E-state index contributed by atoms with van der Waals surface area (Å²) in [7, 11) is 1.82. The van der Waals surface area contributed by atoms with Gasteiger partial charge in [-0.2, -0.15) is 0 Å². The molecule has 2 aromatic rings. The van der Waals surface area contributed by atoms with Gasteiger partial charge in [-0.15, -0.1) is 24.0 Å². The van der Waals surface area contributed by atoms with Crippen LogP contribution in [0.25, 0.3) is 0 Å². The maximum Gasteiger partial charge on any atom is 0.191 e. The van der Waals surface area contributed by atoms with Gasteiger partial charge >= 0.3 is 0 Å². The smallest absolute Gasteiger partial charge is 0.191 e. The molecule has 0 bridgehead atoms. The second kappa shape index (κ2) is 11.0. The first-order valence-electron chi connectivity index (χ1n) is 10.6. The molecule has 0 radical (unpaired) electrons. The molecule has 2 aliphatic rings. The molecule has 6 heteroatoms. The van der Waals surface area contributed by atoms with Crippen LogP contribution >= 0.6 is 24.0 Å². The molecule has 1 heterocycles. The Morgan fingerprint density at radius 3 is 2.83 bits per heavy atom. The number of rotatable bonds is 7. The Balaban J connectivity index is 0.00000256. The highest BCUT2D eigenvalue weighted by Gasteiger charge is 2.25. The molecule has 5 nitrogen and oxygen atoms in total. The lowest BCUT2D eigenvalue weighted by Gasteiger charge is -2.30. The number of guanidine groups is 1. The van der Waals surface area contributed by atoms with Crippen LogP contribution in [0.3, 0.4) is 0 Å². The number of halogens is 1. The lowest BCUT2D eigenvalue weighted by molar-refractivity contribution is 0.166. The average molecular weight is 521 g/mol. The van der Waals surface area contributed by atoms with E-state index < -0.39 is 0 Å². The highest BCUT2D eigenvalue weighted by molar-refractivity contribution is 14.0. The Morgan fingerprint density at radius 2 is 2.07 bits per heavy atom. The standard InChI is InChI=1S/C24H31N3O2.HI/c1-17-7-8-20(23(11-17)29-16-18-9-10-28-15-18)13-26-24(25-2)27-14-21-12-19-5-3-4-6-22(19)21;/h3-8,11,18,21H,9-10,12-16H2,1-2H3,(H2,25,26,27);1H. The van der Waals surface area contributed by atoms with E-state index in [1.54, 1.807) is 0 Å². The number of benzene rings is 2. The summed E-state index contributed by atoms with van der Waals surface area (Å²) in [6.45, 7) is 6.04. The number of aliphatic imine (C=N–C) groups is 1. The predicted octanol–water partition coefficient (Wildman–Crippen LogP) is 4.03. The van der Waals surface area contributed by atoms with Crippen LogP contribution in [0.15, 0.2) is 47.5 Å². The van der Waals surface area contributed by atoms with Crippen molar-refractivity contribution in [3.05, 3.63) is 64.7 Å². The fourth-order valence-corrected chi connectivity index (χ4v) is 4.03. The molecule has 1 fully saturated rings. The van der Waals surface area contributed by atoms with Gasteiger partial charge in [-0.1, -0.05) is 36.4 Å². The molecule has 2 aromatic carbocycles. The molecule has 1 aliphatic heterocycles. The third-order valence-electron chi connectivity index (χ3n) is 5.87. The van der Waals surface area contributed by atoms with Gasteiger partial charge in [0.15, 0.2) is 5.96 Å². The molecule has 30 heavy (non-hydrogen) atoms. The second-order valence-corrected chi connectivity index (χ2v) is 8.06. The summed E-state index contributed by atoms with van der Waals surface area (Å²) in [4.78, 5) is 4.38. The van der Waals surface area contributed by atoms with E-state index in [2.05, 4.69) is 65.0 Å². The van der Waals surface area contributed by atoms with Gasteiger partial charge in [-0.3, -0.25) is 4.99 Å². The van der Waals surface area contributed by atoms with E-state index in [4.69, 9.17) is 9.47 Å². The summed E-state index contributed by atoms with van der Waals surface area (Å²) in [6.07, 6.45) is 2.22. The van der Waals surface area contributed by atoms with Crippen molar-refractivity contribution in [1.29, 1.82) is 0 Å². The third-order valence-corrected chi connectivity index (χ3v) is 5.87. The van der Waals surface area contributed by atoms with E-state index in [1.807, 2.05) is 7.05 Å². The van der Waals surface area contributed by atoms with E-state index in [9.17, 15) is 0 Å². The minimum absolute atomic E-state index is 0. The molecule has 1 saturated heterocycles. The Bertz CT molecular complexity index is 865. The molecule has 0 spiro atoms. The summed E-state index contributed by atoms with van der Waals surface area (Å²) in [6, 6.07) is 15.1. The van der Waals surface area contributed by atoms with Crippen LogP contribution in [0, 0.1) is 12.8 Å². The Morgan fingerprint density at radius 1 is 1.20 bits per heavy atom. The second-order valence-electron chi connectivity index (χ2n) is 8.06. The van der Waals surface area contributed by atoms with Crippen LogP contribution in [-0.2, 0) is 17.7 Å². The summed E-state index contributed by atoms with van der Waals surface area (Å²) in [5.74, 6) is 2.84. The Hall–Kier alpha value is -1.80. The average Bonchev–Trinajstić information content (AvgIpc) is 3.24. The molecule has 2 atom stereocenters. The van der Waals surface area contributed by atoms with Crippen molar-refractivity contribution in [2.75, 3.05) is 33.4 Å². The van der Waals surface area contributed by atoms with Gasteiger partial charge in [-0.05, 0) is 42.5 Å². The van der Waals surface area contributed by atoms with Gasteiger partial charge in [0.2, 0.25) is 0 Å². The summed E-state index contributed by atoms with van der Waals surface area (Å²) >= 11 is 0. The third kappa shape index (κ3) is 5.66. The lowest BCUT2D eigenvalue weighted by atomic mass is 9.78. The van der Waals surface area contributed by atoms with E-state index in [0.29, 0.717) is 25.0 Å². The zero-order valence-corrected chi connectivity index (χ0v) is 20.1. The fourth-order valence-electron chi connectivity index (χ4n) is 4.03. The lowest BCUT2D eigenvalue weighted by Crippen LogP contribution is -2.40. The Labute approximate surface area is 196 Å². The molecule has 2 N–H and O–H groups in total. The van der Waals surface area contributed by atoms with Crippen LogP contribution < -0.4 is 15.4 Å². The number of nitrogens with one attached hydrogen (secondary N) is 2. The summed E-state index contributed by atoms with van der Waals surface area (Å²) < 4.78 is 11.6. The van der Waals surface area contributed by atoms with E-state index in [-0.39, 0.29) is 24.0 Å². The zero-order chi connectivity index (χ0) is 20.1. The fraction of sp³-hybridized carbons (Fsp3) is 0.458. The zero-order valence-electron chi connectivity index (χ0n) is 17.8. The monoisotopic (exact) mass is 521 g/mol. The largest absolute Gasteiger partial charge is 0.493 e. The van der Waals surface area contributed by atoms with E-state index in [0.717, 1.165) is 49.9 Å². The van der Waals surface area contributed by atoms with Crippen molar-refractivity contribution in [2.24, 2.45) is 10.9 Å². The number of aryl methyl sites for hydroxylation is 1. The number of nitrogens with zero attached hydrogens (tertiary/aromatic N) is 1. The van der Waals surface area contributed by atoms with Crippen molar-refractivity contribution >= 4 is 29.9 Å². The number of ether oxygens (including phenoxy) is 2. The normalized spacial score (nSPS) is 20.0. The van der Waals surface area contributed by atoms with E-state index >= 15 is 0 Å². The van der Waals surface area contributed by atoms with Crippen molar-refractivity contribution in [3.63, 3.8) is 0 Å². The molecule has 0 amide bonds. The number of fused-ring (bicyclic) bond motifs is 1. The van der Waals surface area contributed by atoms with Crippen molar-refractivity contribution in [2.45, 2.75) is 32.2 Å². The van der Waals surface area contributed by atoms with Gasteiger partial charge in [0.05, 0.1) is 13.2 Å². The molecule has 2 unspecified atom stereocenters. The van der Waals surface area contributed by atoms with Gasteiger partial charge in [-0.25, -0.2) is 0 Å². The Kier molecular flexibility index (Phi) is 8.39. The first-order chi connectivity index (χ1) is 14.2. The first-order valence-corrected chi connectivity index (χ1v) is 10.6. The summed E-state index contributed by atoms with van der Waals surface area (Å²) in [5.41, 5.74) is 5.28. The molecule has 162 valence electrons. The quantitative estimate of drug-likeness (QED) is 0.328. The SMILES string of the molecule is CN=C(NCc1ccc(C)cc1OCC1CCOC1)NCC1Cc2ccccc21.I. The van der Waals surface area contributed by atoms with Crippen LogP contribution in [0.1, 0.15) is 34.6 Å². The highest BCUT2D eigenvalue weighted by atomic mass is 127. The van der Waals surface area contributed by atoms with Crippen LogP contribution in [-0.4, -0.2) is 39.4 Å². The van der Waals surface area contributed by atoms with E-state index in [1.165, 1.54) is 16.7 Å². The van der Waals surface area contributed by atoms with Crippen molar-refractivity contribution in [3.8, 4) is 5.75 Å². The van der Waals surface area contributed by atoms with Crippen molar-refractivity contribution < 1.29 is 9.47 Å². The highest BCUT2D eigenvalue weighted by Crippen LogP contribution is 2.34. The minimum atomic E-state index is 0. The first kappa shape index (κ1) is 22.9. The maximum absolute atomic E-state index is 6.15. The van der Waals surface area contributed by atoms with Gasteiger partial charge in [0.1, 0.15) is 5.75 Å². The topological polar surface area (TPSA) is 54.9 Å². The van der Waals surface area contributed by atoms with Crippen LogP contribution in [0.2, 0.25) is 0 Å². The van der Waals surface area contributed by atoms with Crippen LogP contribution in [0.5, 0.6) is 5.75 Å². The summed E-state index contributed by atoms with van der Waals surface area (Å²) in [5, 5.41) is 6.91. The van der Waals surface area contributed by atoms with Gasteiger partial charge in [0, 0.05) is 44.1 Å². The molecular weight excluding hydrogens is 489 g/mol. The molecule has 0 aromatic heterocycles. The molecule has 1 aliphatic carbocycles. The predicted molar refractivity (Wildman–Crippen MR) is 132 cm³/mol. The number of hydrogen-bond acceptors (Lipinski definition) is 3. The number of hydrogen-bond donors (Lipinski definition) is 2. The minimum Gasteiger partial charge on any atom is -0.493 e. The van der Waals surface area contributed by atoms with Crippen molar-refractivity contribution in [1.82, 2.24) is 10.6 Å². The molecule has 4 rings (SSSR count). The molecule has 0 saturated carbocycles. The maximum atomic E-state index is 6.15.